The van der Waals surface area contributed by atoms with Crippen LogP contribution >= 0.6 is 0 Å². The first-order valence-corrected chi connectivity index (χ1v) is 8.15. The van der Waals surface area contributed by atoms with E-state index in [0.717, 1.165) is 39.1 Å². The molecule has 0 saturated carbocycles. The highest BCUT2D eigenvalue weighted by molar-refractivity contribution is 5.80. The van der Waals surface area contributed by atoms with Crippen molar-refractivity contribution in [2.45, 2.75) is 65.1 Å². The van der Waals surface area contributed by atoms with Gasteiger partial charge in [-0.15, -0.1) is 0 Å². The van der Waals surface area contributed by atoms with Gasteiger partial charge < -0.3 is 9.47 Å². The minimum atomic E-state index is -0.642. The fraction of sp³-hybridized carbons (Fsp3) is 0.938. The molecular weight excluding hydrogens is 268 g/mol. The van der Waals surface area contributed by atoms with E-state index >= 15 is 0 Å². The molecule has 5 heteroatoms. The minimum Gasteiger partial charge on any atom is -0.465 e. The molecule has 0 aromatic rings. The molecule has 0 aromatic heterocycles. The van der Waals surface area contributed by atoms with Crippen molar-refractivity contribution in [1.82, 2.24) is 10.2 Å². The molecule has 0 amide bonds. The lowest BCUT2D eigenvalue weighted by Gasteiger charge is -2.36. The lowest BCUT2D eigenvalue weighted by atomic mass is 9.91. The fourth-order valence-corrected chi connectivity index (χ4v) is 3.05. The predicted molar refractivity (Wildman–Crippen MR) is 84.4 cm³/mol. The molecular formula is C16H32N2O3. The molecule has 1 saturated heterocycles. The molecule has 0 radical (unpaired) electrons. The third-order valence-electron chi connectivity index (χ3n) is 3.92. The lowest BCUT2D eigenvalue weighted by molar-refractivity contribution is -0.151. The predicted octanol–water partition coefficient (Wildman–Crippen LogP) is 1.81. The molecule has 1 rings (SSSR count). The number of ether oxygens (including phenoxy) is 2. The summed E-state index contributed by atoms with van der Waals surface area (Å²) in [4.78, 5) is 14.8. The van der Waals surface area contributed by atoms with Crippen LogP contribution in [0.2, 0.25) is 0 Å². The van der Waals surface area contributed by atoms with Crippen LogP contribution in [-0.4, -0.2) is 61.4 Å². The van der Waals surface area contributed by atoms with Crippen LogP contribution in [0.4, 0.5) is 0 Å². The van der Waals surface area contributed by atoms with E-state index in [1.165, 1.54) is 0 Å². The maximum absolute atomic E-state index is 12.4. The first-order valence-electron chi connectivity index (χ1n) is 8.15. The summed E-state index contributed by atoms with van der Waals surface area (Å²) >= 11 is 0. The molecule has 1 heterocycles. The number of carbonyl (C=O) groups excluding carboxylic acids is 1. The summed E-state index contributed by atoms with van der Waals surface area (Å²) in [5.74, 6) is -0.156. The molecule has 124 valence electrons. The summed E-state index contributed by atoms with van der Waals surface area (Å²) in [6, 6.07) is 0.548. The van der Waals surface area contributed by atoms with Crippen molar-refractivity contribution in [2.75, 3.05) is 32.9 Å². The average Bonchev–Trinajstić information content (AvgIpc) is 2.66. The van der Waals surface area contributed by atoms with Gasteiger partial charge >= 0.3 is 5.97 Å². The number of hydrogen-bond acceptors (Lipinski definition) is 5. The third kappa shape index (κ3) is 5.93. The average molecular weight is 300 g/mol. The number of hydrogen-bond donors (Lipinski definition) is 1. The SMILES string of the molecule is CCOC(=O)C(C)(CC(C)N1CCCOCC1)NC(C)C. The van der Waals surface area contributed by atoms with Gasteiger partial charge in [-0.25, -0.2) is 0 Å². The maximum atomic E-state index is 12.4. The Balaban J connectivity index is 2.71. The zero-order valence-corrected chi connectivity index (χ0v) is 14.3. The molecule has 21 heavy (non-hydrogen) atoms. The van der Waals surface area contributed by atoms with E-state index in [4.69, 9.17) is 9.47 Å². The van der Waals surface area contributed by atoms with Gasteiger partial charge in [0.05, 0.1) is 13.2 Å². The van der Waals surface area contributed by atoms with Crippen LogP contribution < -0.4 is 5.32 Å². The Morgan fingerprint density at radius 2 is 2.05 bits per heavy atom. The van der Waals surface area contributed by atoms with Crippen molar-refractivity contribution in [2.24, 2.45) is 0 Å². The van der Waals surface area contributed by atoms with Crippen molar-refractivity contribution in [3.63, 3.8) is 0 Å². The Bertz CT molecular complexity index is 315. The van der Waals surface area contributed by atoms with E-state index in [0.29, 0.717) is 12.6 Å². The van der Waals surface area contributed by atoms with E-state index in [9.17, 15) is 4.79 Å². The molecule has 1 aliphatic rings. The maximum Gasteiger partial charge on any atom is 0.326 e. The molecule has 0 spiro atoms. The van der Waals surface area contributed by atoms with Gasteiger partial charge in [-0.2, -0.15) is 0 Å². The van der Waals surface area contributed by atoms with Crippen molar-refractivity contribution < 1.29 is 14.3 Å². The second-order valence-corrected chi connectivity index (χ2v) is 6.41. The van der Waals surface area contributed by atoms with Gasteiger partial charge in [0, 0.05) is 31.8 Å². The zero-order valence-electron chi connectivity index (χ0n) is 14.3. The summed E-state index contributed by atoms with van der Waals surface area (Å²) < 4.78 is 10.8. The number of nitrogens with one attached hydrogen (secondary N) is 1. The summed E-state index contributed by atoms with van der Waals surface area (Å²) in [5, 5.41) is 3.39. The third-order valence-corrected chi connectivity index (χ3v) is 3.92. The van der Waals surface area contributed by atoms with E-state index in [2.05, 4.69) is 31.0 Å². The number of esters is 1. The van der Waals surface area contributed by atoms with Crippen molar-refractivity contribution in [3.05, 3.63) is 0 Å². The van der Waals surface area contributed by atoms with Crippen LogP contribution in [0.25, 0.3) is 0 Å². The number of nitrogens with zero attached hydrogens (tertiary/aromatic N) is 1. The highest BCUT2D eigenvalue weighted by atomic mass is 16.5. The summed E-state index contributed by atoms with van der Waals surface area (Å²) in [5.41, 5.74) is -0.642. The standard InChI is InChI=1S/C16H32N2O3/c1-6-21-15(19)16(5,17-13(2)3)12-14(4)18-8-7-10-20-11-9-18/h13-14,17H,6-12H2,1-5H3. The lowest BCUT2D eigenvalue weighted by Crippen LogP contribution is -2.56. The van der Waals surface area contributed by atoms with Crippen molar-refractivity contribution >= 4 is 5.97 Å². The van der Waals surface area contributed by atoms with Crippen LogP contribution in [-0.2, 0) is 14.3 Å². The summed E-state index contributed by atoms with van der Waals surface area (Å²) in [6.45, 7) is 14.1. The Morgan fingerprint density at radius 1 is 1.33 bits per heavy atom. The second-order valence-electron chi connectivity index (χ2n) is 6.41. The van der Waals surface area contributed by atoms with Crippen LogP contribution in [0.1, 0.15) is 47.5 Å². The molecule has 0 bridgehead atoms. The van der Waals surface area contributed by atoms with Crippen LogP contribution in [0.5, 0.6) is 0 Å². The van der Waals surface area contributed by atoms with Crippen molar-refractivity contribution in [3.8, 4) is 0 Å². The van der Waals surface area contributed by atoms with Crippen LogP contribution in [0.3, 0.4) is 0 Å². The van der Waals surface area contributed by atoms with Gasteiger partial charge in [0.2, 0.25) is 0 Å². The highest BCUT2D eigenvalue weighted by Crippen LogP contribution is 2.20. The molecule has 5 nitrogen and oxygen atoms in total. The van der Waals surface area contributed by atoms with Gasteiger partial charge in [0.15, 0.2) is 0 Å². The smallest absolute Gasteiger partial charge is 0.326 e. The van der Waals surface area contributed by atoms with Gasteiger partial charge in [0.1, 0.15) is 5.54 Å². The van der Waals surface area contributed by atoms with Gasteiger partial charge in [-0.1, -0.05) is 0 Å². The molecule has 1 aliphatic heterocycles. The van der Waals surface area contributed by atoms with Crippen molar-refractivity contribution in [1.29, 1.82) is 0 Å². The minimum absolute atomic E-state index is 0.156. The molecule has 0 aromatic carbocycles. The molecule has 2 atom stereocenters. The van der Waals surface area contributed by atoms with E-state index in [1.54, 1.807) is 0 Å². The molecule has 1 fully saturated rings. The fourth-order valence-electron chi connectivity index (χ4n) is 3.05. The Morgan fingerprint density at radius 3 is 2.67 bits per heavy atom. The van der Waals surface area contributed by atoms with E-state index < -0.39 is 5.54 Å². The Kier molecular flexibility index (Phi) is 7.63. The van der Waals surface area contributed by atoms with Crippen LogP contribution in [0, 0.1) is 0 Å². The van der Waals surface area contributed by atoms with Gasteiger partial charge in [-0.05, 0) is 47.5 Å². The highest BCUT2D eigenvalue weighted by Gasteiger charge is 2.37. The molecule has 2 unspecified atom stereocenters. The molecule has 0 aliphatic carbocycles. The van der Waals surface area contributed by atoms with Gasteiger partial charge in [-0.3, -0.25) is 15.0 Å². The first kappa shape index (κ1) is 18.4. The van der Waals surface area contributed by atoms with E-state index in [1.807, 2.05) is 13.8 Å². The quantitative estimate of drug-likeness (QED) is 0.727. The number of carbonyl (C=O) groups is 1. The second kappa shape index (κ2) is 8.71. The Hall–Kier alpha value is -0.650. The van der Waals surface area contributed by atoms with Gasteiger partial charge in [0.25, 0.3) is 0 Å². The Labute approximate surface area is 129 Å². The normalized spacial score (nSPS) is 21.6. The first-order chi connectivity index (χ1) is 9.89. The summed E-state index contributed by atoms with van der Waals surface area (Å²) in [7, 11) is 0. The molecule has 1 N–H and O–H groups in total. The van der Waals surface area contributed by atoms with Crippen LogP contribution in [0.15, 0.2) is 0 Å². The topological polar surface area (TPSA) is 50.8 Å². The zero-order chi connectivity index (χ0) is 15.9. The monoisotopic (exact) mass is 300 g/mol. The number of rotatable bonds is 7. The van der Waals surface area contributed by atoms with E-state index in [-0.39, 0.29) is 12.0 Å². The largest absolute Gasteiger partial charge is 0.465 e. The summed E-state index contributed by atoms with van der Waals surface area (Å²) in [6.07, 6.45) is 1.79.